The van der Waals surface area contributed by atoms with Crippen molar-refractivity contribution >= 4 is 11.8 Å². The SMILES string of the molecule is CC(=O)CCCCCCCCC(=O)OC1CC(C)(C)NC(C)(C)C1. The highest BCUT2D eigenvalue weighted by atomic mass is 16.5. The van der Waals surface area contributed by atoms with Crippen LogP contribution in [-0.4, -0.2) is 28.9 Å². The number of hydrogen-bond acceptors (Lipinski definition) is 4. The van der Waals surface area contributed by atoms with Gasteiger partial charge in [-0.3, -0.25) is 4.79 Å². The van der Waals surface area contributed by atoms with Gasteiger partial charge in [0.05, 0.1) is 0 Å². The van der Waals surface area contributed by atoms with Gasteiger partial charge in [-0.15, -0.1) is 0 Å². The van der Waals surface area contributed by atoms with E-state index in [2.05, 4.69) is 33.0 Å². The van der Waals surface area contributed by atoms with Gasteiger partial charge in [0, 0.05) is 36.8 Å². The van der Waals surface area contributed by atoms with Crippen molar-refractivity contribution in [2.24, 2.45) is 0 Å². The van der Waals surface area contributed by atoms with Gasteiger partial charge in [-0.25, -0.2) is 0 Å². The van der Waals surface area contributed by atoms with Crippen LogP contribution in [0.1, 0.15) is 98.8 Å². The summed E-state index contributed by atoms with van der Waals surface area (Å²) in [5.41, 5.74) is 0.0130. The van der Waals surface area contributed by atoms with Crippen molar-refractivity contribution in [1.29, 1.82) is 0 Å². The molecule has 1 saturated heterocycles. The van der Waals surface area contributed by atoms with Gasteiger partial charge in [0.1, 0.15) is 11.9 Å². The van der Waals surface area contributed by atoms with E-state index in [9.17, 15) is 9.59 Å². The maximum Gasteiger partial charge on any atom is 0.306 e. The maximum absolute atomic E-state index is 12.1. The van der Waals surface area contributed by atoms with Crippen molar-refractivity contribution in [3.63, 3.8) is 0 Å². The highest BCUT2D eigenvalue weighted by molar-refractivity contribution is 5.75. The molecule has 0 aliphatic carbocycles. The van der Waals surface area contributed by atoms with Gasteiger partial charge in [-0.05, 0) is 47.5 Å². The number of nitrogens with one attached hydrogen (secondary N) is 1. The van der Waals surface area contributed by atoms with Crippen LogP contribution in [0, 0.1) is 0 Å². The van der Waals surface area contributed by atoms with Gasteiger partial charge < -0.3 is 14.8 Å². The second kappa shape index (κ2) is 9.55. The molecular formula is C20H37NO3. The Morgan fingerprint density at radius 2 is 1.33 bits per heavy atom. The molecule has 0 radical (unpaired) electrons. The summed E-state index contributed by atoms with van der Waals surface area (Å²) in [4.78, 5) is 22.9. The Morgan fingerprint density at radius 1 is 0.875 bits per heavy atom. The summed E-state index contributed by atoms with van der Waals surface area (Å²) in [6.07, 6.45) is 9.38. The van der Waals surface area contributed by atoms with Crippen molar-refractivity contribution in [2.75, 3.05) is 0 Å². The van der Waals surface area contributed by atoms with E-state index in [4.69, 9.17) is 4.74 Å². The smallest absolute Gasteiger partial charge is 0.306 e. The molecule has 4 heteroatoms. The van der Waals surface area contributed by atoms with E-state index in [0.717, 1.165) is 51.4 Å². The molecule has 1 fully saturated rings. The molecule has 0 unspecified atom stereocenters. The first-order valence-electron chi connectivity index (χ1n) is 9.58. The molecule has 0 atom stereocenters. The van der Waals surface area contributed by atoms with Crippen molar-refractivity contribution in [3.8, 4) is 0 Å². The highest BCUT2D eigenvalue weighted by Gasteiger charge is 2.39. The minimum atomic E-state index is -0.0509. The summed E-state index contributed by atoms with van der Waals surface area (Å²) in [6.45, 7) is 10.3. The summed E-state index contributed by atoms with van der Waals surface area (Å²) >= 11 is 0. The molecule has 0 aromatic rings. The Balaban J connectivity index is 2.12. The number of unbranched alkanes of at least 4 members (excludes halogenated alkanes) is 5. The second-order valence-electron chi connectivity index (χ2n) is 8.74. The summed E-state index contributed by atoms with van der Waals surface area (Å²) in [6, 6.07) is 0. The van der Waals surface area contributed by atoms with Crippen LogP contribution in [0.25, 0.3) is 0 Å². The zero-order chi connectivity index (χ0) is 18.2. The van der Waals surface area contributed by atoms with Crippen molar-refractivity contribution < 1.29 is 14.3 Å². The van der Waals surface area contributed by atoms with E-state index in [0.29, 0.717) is 12.8 Å². The van der Waals surface area contributed by atoms with E-state index < -0.39 is 0 Å². The zero-order valence-corrected chi connectivity index (χ0v) is 16.4. The van der Waals surface area contributed by atoms with Crippen molar-refractivity contribution in [1.82, 2.24) is 5.32 Å². The quantitative estimate of drug-likeness (QED) is 0.469. The monoisotopic (exact) mass is 339 g/mol. The summed E-state index contributed by atoms with van der Waals surface area (Å²) in [5.74, 6) is 0.229. The fraction of sp³-hybridized carbons (Fsp3) is 0.900. The fourth-order valence-corrected chi connectivity index (χ4v) is 3.91. The number of ether oxygens (including phenoxy) is 1. The minimum absolute atomic E-state index is 0.00652. The number of carbonyl (C=O) groups excluding carboxylic acids is 2. The number of rotatable bonds is 10. The fourth-order valence-electron chi connectivity index (χ4n) is 3.91. The zero-order valence-electron chi connectivity index (χ0n) is 16.4. The van der Waals surface area contributed by atoms with Crippen LogP contribution >= 0.6 is 0 Å². The van der Waals surface area contributed by atoms with Crippen molar-refractivity contribution in [2.45, 2.75) is 116 Å². The lowest BCUT2D eigenvalue weighted by molar-refractivity contribution is -0.153. The number of ketones is 1. The van der Waals surface area contributed by atoms with Gasteiger partial charge in [0.15, 0.2) is 0 Å². The predicted molar refractivity (Wildman–Crippen MR) is 98.0 cm³/mol. The van der Waals surface area contributed by atoms with Gasteiger partial charge in [0.25, 0.3) is 0 Å². The van der Waals surface area contributed by atoms with E-state index in [1.165, 1.54) is 0 Å². The summed E-state index contributed by atoms with van der Waals surface area (Å²) < 4.78 is 5.72. The van der Waals surface area contributed by atoms with Crippen LogP contribution in [0.2, 0.25) is 0 Å². The first kappa shape index (κ1) is 21.1. The van der Waals surface area contributed by atoms with Crippen molar-refractivity contribution in [3.05, 3.63) is 0 Å². The normalized spacial score (nSPS) is 19.9. The summed E-state index contributed by atoms with van der Waals surface area (Å²) in [7, 11) is 0. The molecule has 0 saturated carbocycles. The number of esters is 1. The molecule has 0 aromatic heterocycles. The predicted octanol–water partition coefficient (Wildman–Crippen LogP) is 4.55. The first-order valence-corrected chi connectivity index (χ1v) is 9.58. The van der Waals surface area contributed by atoms with Gasteiger partial charge >= 0.3 is 5.97 Å². The van der Waals surface area contributed by atoms with E-state index in [1.807, 2.05) is 0 Å². The largest absolute Gasteiger partial charge is 0.462 e. The van der Waals surface area contributed by atoms with E-state index >= 15 is 0 Å². The molecule has 0 amide bonds. The molecule has 4 nitrogen and oxygen atoms in total. The van der Waals surface area contributed by atoms with Crippen LogP contribution in [0.4, 0.5) is 0 Å². The van der Waals surface area contributed by atoms with E-state index in [-0.39, 0.29) is 28.9 Å². The molecule has 1 N–H and O–H groups in total. The molecule has 24 heavy (non-hydrogen) atoms. The number of Topliss-reactive ketones (excluding diaryl/α,β-unsaturated/α-hetero) is 1. The second-order valence-corrected chi connectivity index (χ2v) is 8.74. The molecule has 1 heterocycles. The Kier molecular flexibility index (Phi) is 8.41. The lowest BCUT2D eigenvalue weighted by Crippen LogP contribution is -2.59. The average Bonchev–Trinajstić information content (AvgIpc) is 2.37. The Bertz CT molecular complexity index is 399. The minimum Gasteiger partial charge on any atom is -0.462 e. The van der Waals surface area contributed by atoms with Crippen LogP contribution in [-0.2, 0) is 14.3 Å². The highest BCUT2D eigenvalue weighted by Crippen LogP contribution is 2.30. The standard InChI is InChI=1S/C20H37NO3/c1-16(22)12-10-8-6-7-9-11-13-18(23)24-17-14-19(2,3)21-20(4,5)15-17/h17,21H,6-15H2,1-5H3. The third kappa shape index (κ3) is 9.41. The lowest BCUT2D eigenvalue weighted by Gasteiger charge is -2.45. The number of piperidine rings is 1. The van der Waals surface area contributed by atoms with Crippen LogP contribution < -0.4 is 5.32 Å². The van der Waals surface area contributed by atoms with Gasteiger partial charge in [-0.1, -0.05) is 25.7 Å². The van der Waals surface area contributed by atoms with Crippen LogP contribution in [0.3, 0.4) is 0 Å². The number of hydrogen-bond donors (Lipinski definition) is 1. The topological polar surface area (TPSA) is 55.4 Å². The van der Waals surface area contributed by atoms with Crippen LogP contribution in [0.15, 0.2) is 0 Å². The van der Waals surface area contributed by atoms with Gasteiger partial charge in [-0.2, -0.15) is 0 Å². The molecule has 140 valence electrons. The van der Waals surface area contributed by atoms with E-state index in [1.54, 1.807) is 6.92 Å². The molecule has 0 aromatic carbocycles. The van der Waals surface area contributed by atoms with Crippen LogP contribution in [0.5, 0.6) is 0 Å². The average molecular weight is 340 g/mol. The molecule has 1 rings (SSSR count). The Labute approximate surface area is 148 Å². The first-order chi connectivity index (χ1) is 11.1. The summed E-state index contributed by atoms with van der Waals surface area (Å²) in [5, 5.41) is 3.61. The number of carbonyl (C=O) groups is 2. The molecule has 1 aliphatic heterocycles. The molecule has 0 bridgehead atoms. The van der Waals surface area contributed by atoms with Gasteiger partial charge in [0.2, 0.25) is 0 Å². The molecule has 0 spiro atoms. The molecular weight excluding hydrogens is 302 g/mol. The Hall–Kier alpha value is -0.900. The third-order valence-corrected chi connectivity index (χ3v) is 4.61. The maximum atomic E-state index is 12.1. The Morgan fingerprint density at radius 3 is 1.83 bits per heavy atom. The third-order valence-electron chi connectivity index (χ3n) is 4.61. The lowest BCUT2D eigenvalue weighted by atomic mass is 9.81. The molecule has 1 aliphatic rings.